The van der Waals surface area contributed by atoms with Crippen LogP contribution in [0.25, 0.3) is 21.5 Å². The fourth-order valence-corrected chi connectivity index (χ4v) is 4.69. The average molecular weight is 453 g/mol. The monoisotopic (exact) mass is 452 g/mol. The highest BCUT2D eigenvalue weighted by Gasteiger charge is 2.26. The van der Waals surface area contributed by atoms with Gasteiger partial charge in [0.2, 0.25) is 0 Å². The molecular formula is C23H21FN4O3S. The lowest BCUT2D eigenvalue weighted by Crippen LogP contribution is -2.41. The van der Waals surface area contributed by atoms with Gasteiger partial charge in [0.25, 0.3) is 11.1 Å². The van der Waals surface area contributed by atoms with Crippen molar-refractivity contribution >= 4 is 27.5 Å². The second kappa shape index (κ2) is 8.58. The SMILES string of the molecule is COc1cccc(-c2cc(C(=O)N3CCC(Oc4nc5c(F)cccc5s4)CC3)[nH]n2)c1. The molecule has 164 valence electrons. The zero-order chi connectivity index (χ0) is 22.1. The van der Waals surface area contributed by atoms with Gasteiger partial charge in [0.05, 0.1) is 17.5 Å². The van der Waals surface area contributed by atoms with Gasteiger partial charge >= 0.3 is 0 Å². The number of para-hydroxylation sites is 1. The zero-order valence-corrected chi connectivity index (χ0v) is 18.2. The minimum Gasteiger partial charge on any atom is -0.497 e. The summed E-state index contributed by atoms with van der Waals surface area (Å²) in [6.07, 6.45) is 1.30. The van der Waals surface area contributed by atoms with E-state index in [1.807, 2.05) is 30.3 Å². The van der Waals surface area contributed by atoms with Crippen molar-refractivity contribution in [3.63, 3.8) is 0 Å². The van der Waals surface area contributed by atoms with E-state index in [-0.39, 0.29) is 17.8 Å². The van der Waals surface area contributed by atoms with Crippen molar-refractivity contribution in [1.82, 2.24) is 20.1 Å². The number of benzene rings is 2. The van der Waals surface area contributed by atoms with E-state index < -0.39 is 0 Å². The topological polar surface area (TPSA) is 80.3 Å². The molecule has 0 bridgehead atoms. The lowest BCUT2D eigenvalue weighted by atomic mass is 10.1. The third-order valence-electron chi connectivity index (χ3n) is 5.52. The molecule has 32 heavy (non-hydrogen) atoms. The first kappa shape index (κ1) is 20.4. The number of likely N-dealkylation sites (tertiary alicyclic amines) is 1. The molecule has 5 rings (SSSR count). The van der Waals surface area contributed by atoms with E-state index in [1.165, 1.54) is 17.4 Å². The van der Waals surface area contributed by atoms with E-state index in [4.69, 9.17) is 9.47 Å². The minimum atomic E-state index is -0.345. The molecule has 0 spiro atoms. The molecule has 0 atom stereocenters. The molecule has 1 amide bonds. The van der Waals surface area contributed by atoms with Crippen LogP contribution < -0.4 is 9.47 Å². The van der Waals surface area contributed by atoms with Crippen LogP contribution in [0.5, 0.6) is 10.9 Å². The number of aromatic amines is 1. The Morgan fingerprint density at radius 3 is 2.78 bits per heavy atom. The first-order chi connectivity index (χ1) is 15.6. The summed E-state index contributed by atoms with van der Waals surface area (Å²) in [6, 6.07) is 14.2. The van der Waals surface area contributed by atoms with Crippen molar-refractivity contribution < 1.29 is 18.7 Å². The van der Waals surface area contributed by atoms with Crippen LogP contribution in [0.2, 0.25) is 0 Å². The number of thiazole rings is 1. The molecule has 2 aromatic carbocycles. The highest BCUT2D eigenvalue weighted by atomic mass is 32.1. The molecule has 1 aliphatic heterocycles. The Morgan fingerprint density at radius 1 is 1.19 bits per heavy atom. The van der Waals surface area contributed by atoms with E-state index in [0.29, 0.717) is 48.0 Å². The first-order valence-electron chi connectivity index (χ1n) is 10.3. The molecule has 0 unspecified atom stereocenters. The van der Waals surface area contributed by atoms with Gasteiger partial charge in [-0.25, -0.2) is 4.39 Å². The number of methoxy groups -OCH3 is 1. The smallest absolute Gasteiger partial charge is 0.274 e. The number of rotatable bonds is 5. The van der Waals surface area contributed by atoms with Gasteiger partial charge in [0, 0.05) is 31.5 Å². The predicted octanol–water partition coefficient (Wildman–Crippen LogP) is 4.52. The largest absolute Gasteiger partial charge is 0.497 e. The van der Waals surface area contributed by atoms with Crippen LogP contribution in [0.3, 0.4) is 0 Å². The molecule has 1 fully saturated rings. The molecule has 9 heteroatoms. The Morgan fingerprint density at radius 2 is 2.00 bits per heavy atom. The Balaban J connectivity index is 1.21. The van der Waals surface area contributed by atoms with Crippen molar-refractivity contribution in [2.75, 3.05) is 20.2 Å². The van der Waals surface area contributed by atoms with Crippen molar-refractivity contribution in [2.24, 2.45) is 0 Å². The van der Waals surface area contributed by atoms with Crippen molar-refractivity contribution in [2.45, 2.75) is 18.9 Å². The van der Waals surface area contributed by atoms with Gasteiger partial charge in [-0.05, 0) is 30.3 Å². The van der Waals surface area contributed by atoms with Gasteiger partial charge in [0.15, 0.2) is 0 Å². The number of hydrogen-bond donors (Lipinski definition) is 1. The summed E-state index contributed by atoms with van der Waals surface area (Å²) in [5.41, 5.74) is 2.35. The highest BCUT2D eigenvalue weighted by molar-refractivity contribution is 7.20. The van der Waals surface area contributed by atoms with Crippen molar-refractivity contribution in [3.05, 3.63) is 60.0 Å². The lowest BCUT2D eigenvalue weighted by Gasteiger charge is -2.31. The molecule has 0 aliphatic carbocycles. The van der Waals surface area contributed by atoms with Gasteiger partial charge in [-0.3, -0.25) is 9.89 Å². The van der Waals surface area contributed by atoms with Crippen molar-refractivity contribution in [3.8, 4) is 22.2 Å². The lowest BCUT2D eigenvalue weighted by molar-refractivity contribution is 0.0590. The summed E-state index contributed by atoms with van der Waals surface area (Å²) < 4.78 is 25.9. The highest BCUT2D eigenvalue weighted by Crippen LogP contribution is 2.31. The summed E-state index contributed by atoms with van der Waals surface area (Å²) in [7, 11) is 1.61. The Bertz CT molecular complexity index is 1260. The van der Waals surface area contributed by atoms with E-state index in [0.717, 1.165) is 16.0 Å². The number of nitrogens with one attached hydrogen (secondary N) is 1. The van der Waals surface area contributed by atoms with Crippen LogP contribution in [0.4, 0.5) is 4.39 Å². The fraction of sp³-hybridized carbons (Fsp3) is 0.261. The molecular weight excluding hydrogens is 431 g/mol. The number of fused-ring (bicyclic) bond motifs is 1. The van der Waals surface area contributed by atoms with Crippen molar-refractivity contribution in [1.29, 1.82) is 0 Å². The molecule has 0 radical (unpaired) electrons. The van der Waals surface area contributed by atoms with Crippen LogP contribution in [-0.4, -0.2) is 52.3 Å². The maximum atomic E-state index is 13.9. The van der Waals surface area contributed by atoms with E-state index in [9.17, 15) is 9.18 Å². The average Bonchev–Trinajstić information content (AvgIpc) is 3.47. The molecule has 2 aromatic heterocycles. The number of carbonyl (C=O) groups excluding carboxylic acids is 1. The van der Waals surface area contributed by atoms with Crippen LogP contribution in [0, 0.1) is 5.82 Å². The normalized spacial score (nSPS) is 14.6. The van der Waals surface area contributed by atoms with Gasteiger partial charge in [-0.15, -0.1) is 0 Å². The molecule has 7 nitrogen and oxygen atoms in total. The molecule has 1 N–H and O–H groups in total. The second-order valence-corrected chi connectivity index (χ2v) is 8.57. The van der Waals surface area contributed by atoms with Gasteiger partial charge in [-0.1, -0.05) is 29.5 Å². The molecule has 0 saturated carbocycles. The Kier molecular flexibility index (Phi) is 5.48. The summed E-state index contributed by atoms with van der Waals surface area (Å²) >= 11 is 1.34. The number of amides is 1. The maximum Gasteiger partial charge on any atom is 0.274 e. The van der Waals surface area contributed by atoms with E-state index in [2.05, 4.69) is 15.2 Å². The first-order valence-corrected chi connectivity index (χ1v) is 11.1. The number of H-pyrrole nitrogens is 1. The Hall–Kier alpha value is -3.46. The molecule has 3 heterocycles. The van der Waals surface area contributed by atoms with E-state index >= 15 is 0 Å². The van der Waals surface area contributed by atoms with Crippen LogP contribution in [0.15, 0.2) is 48.5 Å². The number of hydrogen-bond acceptors (Lipinski definition) is 6. The number of aromatic nitrogens is 3. The standard InChI is InChI=1S/C23H21FN4O3S/c1-30-16-5-2-4-14(12-16)18-13-19(27-26-18)22(29)28-10-8-15(9-11-28)31-23-25-21-17(24)6-3-7-20(21)32-23/h2-7,12-13,15H,8-11H2,1H3,(H,26,27). The quantitative estimate of drug-likeness (QED) is 0.482. The van der Waals surface area contributed by atoms with Crippen LogP contribution >= 0.6 is 11.3 Å². The van der Waals surface area contributed by atoms with Gasteiger partial charge < -0.3 is 14.4 Å². The van der Waals surface area contributed by atoms with Crippen LogP contribution in [-0.2, 0) is 0 Å². The number of nitrogens with zero attached hydrogens (tertiary/aromatic N) is 3. The third-order valence-corrected chi connectivity index (χ3v) is 6.43. The Labute approximate surface area is 187 Å². The number of halogens is 1. The van der Waals surface area contributed by atoms with E-state index in [1.54, 1.807) is 24.1 Å². The minimum absolute atomic E-state index is 0.0585. The summed E-state index contributed by atoms with van der Waals surface area (Å²) in [5, 5.41) is 7.60. The molecule has 1 saturated heterocycles. The summed E-state index contributed by atoms with van der Waals surface area (Å²) in [6.45, 7) is 1.13. The predicted molar refractivity (Wildman–Crippen MR) is 120 cm³/mol. The second-order valence-electron chi connectivity index (χ2n) is 7.57. The third kappa shape index (κ3) is 4.03. The summed E-state index contributed by atoms with van der Waals surface area (Å²) in [4.78, 5) is 19.0. The number of ether oxygens (including phenoxy) is 2. The molecule has 4 aromatic rings. The fourth-order valence-electron chi connectivity index (χ4n) is 3.80. The van der Waals surface area contributed by atoms with Crippen LogP contribution in [0.1, 0.15) is 23.3 Å². The maximum absolute atomic E-state index is 13.9. The number of piperidine rings is 1. The van der Waals surface area contributed by atoms with Gasteiger partial charge in [0.1, 0.15) is 28.9 Å². The zero-order valence-electron chi connectivity index (χ0n) is 17.4. The number of carbonyl (C=O) groups is 1. The van der Waals surface area contributed by atoms with Gasteiger partial charge in [-0.2, -0.15) is 10.1 Å². The summed E-state index contributed by atoms with van der Waals surface area (Å²) in [5.74, 6) is 0.297. The molecule has 1 aliphatic rings.